The zero-order valence-corrected chi connectivity index (χ0v) is 13.0. The lowest BCUT2D eigenvalue weighted by atomic mass is 10.2. The first kappa shape index (κ1) is 15.7. The van der Waals surface area contributed by atoms with Gasteiger partial charge in [-0.3, -0.25) is 4.79 Å². The molecule has 1 heterocycles. The third-order valence-corrected chi connectivity index (χ3v) is 4.36. The first-order valence-corrected chi connectivity index (χ1v) is 7.69. The number of thioether (sulfide) groups is 1. The summed E-state index contributed by atoms with van der Waals surface area (Å²) >= 11 is 7.26. The molecule has 0 spiro atoms. The molecule has 21 heavy (non-hydrogen) atoms. The van der Waals surface area contributed by atoms with Crippen molar-refractivity contribution < 1.29 is 9.52 Å². The second kappa shape index (κ2) is 7.33. The molecule has 1 unspecified atom stereocenters. The van der Waals surface area contributed by atoms with E-state index in [4.69, 9.17) is 11.6 Å². The Hall–Kier alpha value is -1.72. The largest absolute Gasteiger partial charge is 0.618 e. The molecule has 1 aromatic heterocycles. The van der Waals surface area contributed by atoms with E-state index in [0.717, 1.165) is 10.3 Å². The summed E-state index contributed by atoms with van der Waals surface area (Å²) in [4.78, 5) is 12.1. The summed E-state index contributed by atoms with van der Waals surface area (Å²) < 4.78 is 0.752. The highest BCUT2D eigenvalue weighted by molar-refractivity contribution is 8.00. The Morgan fingerprint density at radius 1 is 1.33 bits per heavy atom. The summed E-state index contributed by atoms with van der Waals surface area (Å²) in [5.41, 5.74) is 0.864. The summed E-state index contributed by atoms with van der Waals surface area (Å²) in [5, 5.41) is 15.1. The molecule has 1 N–H and O–H groups in total. The smallest absolute Gasteiger partial charge is 0.252 e. The van der Waals surface area contributed by atoms with Crippen molar-refractivity contribution in [1.82, 2.24) is 5.32 Å². The third kappa shape index (κ3) is 4.37. The van der Waals surface area contributed by atoms with Crippen LogP contribution >= 0.6 is 23.4 Å². The zero-order valence-electron chi connectivity index (χ0n) is 11.5. The molecule has 1 amide bonds. The van der Waals surface area contributed by atoms with Gasteiger partial charge in [0, 0.05) is 23.7 Å². The first-order chi connectivity index (χ1) is 10.1. The molecule has 2 aromatic rings. The van der Waals surface area contributed by atoms with Gasteiger partial charge in [-0.05, 0) is 36.4 Å². The van der Waals surface area contributed by atoms with Gasteiger partial charge in [0.15, 0.2) is 6.20 Å². The van der Waals surface area contributed by atoms with Crippen LogP contribution in [0.3, 0.4) is 0 Å². The Labute approximate surface area is 132 Å². The number of hydrogen-bond acceptors (Lipinski definition) is 3. The van der Waals surface area contributed by atoms with Crippen molar-refractivity contribution in [1.29, 1.82) is 0 Å². The molecule has 0 saturated carbocycles. The highest BCUT2D eigenvalue weighted by Crippen LogP contribution is 2.20. The summed E-state index contributed by atoms with van der Waals surface area (Å²) in [7, 11) is 0. The molecule has 1 aromatic carbocycles. The first-order valence-electron chi connectivity index (χ1n) is 6.44. The standard InChI is InChI=1S/C15H15ClN2O2S/c1-11(21-14-8-4-5-9-18(14)20)15(19)17-10-12-6-2-3-7-13(12)16/h2-9,11H,10H2,1H3,(H,17,19). The molecule has 0 fully saturated rings. The fraction of sp³-hybridized carbons (Fsp3) is 0.200. The lowest BCUT2D eigenvalue weighted by molar-refractivity contribution is -0.645. The van der Waals surface area contributed by atoms with E-state index in [1.165, 1.54) is 18.0 Å². The van der Waals surface area contributed by atoms with Crippen LogP contribution in [0, 0.1) is 5.21 Å². The van der Waals surface area contributed by atoms with Crippen molar-refractivity contribution in [2.45, 2.75) is 23.7 Å². The fourth-order valence-corrected chi connectivity index (χ4v) is 2.78. The minimum atomic E-state index is -0.366. The lowest BCUT2D eigenvalue weighted by Crippen LogP contribution is -2.33. The zero-order chi connectivity index (χ0) is 15.2. The predicted octanol–water partition coefficient (Wildman–Crippen LogP) is 2.77. The monoisotopic (exact) mass is 322 g/mol. The average molecular weight is 323 g/mol. The van der Waals surface area contributed by atoms with Gasteiger partial charge in [0.2, 0.25) is 5.91 Å². The molecule has 0 radical (unpaired) electrons. The molecule has 0 bridgehead atoms. The van der Waals surface area contributed by atoms with E-state index in [1.807, 2.05) is 18.2 Å². The van der Waals surface area contributed by atoms with E-state index in [0.29, 0.717) is 16.6 Å². The van der Waals surface area contributed by atoms with Crippen molar-refractivity contribution in [3.05, 3.63) is 64.5 Å². The van der Waals surface area contributed by atoms with Crippen molar-refractivity contribution in [3.63, 3.8) is 0 Å². The Morgan fingerprint density at radius 2 is 2.05 bits per heavy atom. The number of pyridine rings is 1. The van der Waals surface area contributed by atoms with Crippen LogP contribution in [0.4, 0.5) is 0 Å². The number of benzene rings is 1. The van der Waals surface area contributed by atoms with Crippen molar-refractivity contribution >= 4 is 29.3 Å². The second-order valence-electron chi connectivity index (χ2n) is 4.43. The summed E-state index contributed by atoms with van der Waals surface area (Å²) in [5.74, 6) is -0.135. The Bertz CT molecular complexity index is 637. The molecule has 0 saturated heterocycles. The van der Waals surface area contributed by atoms with Gasteiger partial charge in [-0.15, -0.1) is 0 Å². The number of hydrogen-bond donors (Lipinski definition) is 1. The SMILES string of the molecule is CC(Sc1cccc[n+]1[O-])C(=O)NCc1ccccc1Cl. The topological polar surface area (TPSA) is 56.0 Å². The van der Waals surface area contributed by atoms with Crippen LogP contribution in [-0.2, 0) is 11.3 Å². The second-order valence-corrected chi connectivity index (χ2v) is 6.20. The highest BCUT2D eigenvalue weighted by Gasteiger charge is 2.18. The van der Waals surface area contributed by atoms with Crippen LogP contribution in [0.2, 0.25) is 5.02 Å². The molecular formula is C15H15ClN2O2S. The number of nitrogens with one attached hydrogen (secondary N) is 1. The normalized spacial score (nSPS) is 11.9. The van der Waals surface area contributed by atoms with Gasteiger partial charge in [-0.25, -0.2) is 0 Å². The number of rotatable bonds is 5. The van der Waals surface area contributed by atoms with Crippen LogP contribution in [0.1, 0.15) is 12.5 Å². The summed E-state index contributed by atoms with van der Waals surface area (Å²) in [6.45, 7) is 2.13. The van der Waals surface area contributed by atoms with E-state index in [1.54, 1.807) is 31.2 Å². The van der Waals surface area contributed by atoms with Gasteiger partial charge in [-0.1, -0.05) is 29.8 Å². The van der Waals surface area contributed by atoms with Gasteiger partial charge in [0.25, 0.3) is 5.03 Å². The molecular weight excluding hydrogens is 308 g/mol. The maximum Gasteiger partial charge on any atom is 0.252 e. The third-order valence-electron chi connectivity index (χ3n) is 2.87. The molecule has 0 aliphatic heterocycles. The van der Waals surface area contributed by atoms with Gasteiger partial charge in [-0.2, -0.15) is 4.73 Å². The Balaban J connectivity index is 1.91. The van der Waals surface area contributed by atoms with Crippen LogP contribution in [0.5, 0.6) is 0 Å². The summed E-state index contributed by atoms with van der Waals surface area (Å²) in [6, 6.07) is 12.5. The quantitative estimate of drug-likeness (QED) is 0.523. The number of aromatic nitrogens is 1. The number of carbonyl (C=O) groups is 1. The Kier molecular flexibility index (Phi) is 5.47. The molecule has 110 valence electrons. The number of nitrogens with zero attached hydrogens (tertiary/aromatic N) is 1. The number of amides is 1. The molecule has 0 aliphatic carbocycles. The van der Waals surface area contributed by atoms with E-state index >= 15 is 0 Å². The molecule has 1 atom stereocenters. The maximum atomic E-state index is 12.1. The minimum absolute atomic E-state index is 0.135. The molecule has 4 nitrogen and oxygen atoms in total. The van der Waals surface area contributed by atoms with Gasteiger partial charge in [0.05, 0.1) is 5.25 Å². The van der Waals surface area contributed by atoms with E-state index in [-0.39, 0.29) is 11.2 Å². The molecule has 0 aliphatic rings. The van der Waals surface area contributed by atoms with Crippen molar-refractivity contribution in [2.75, 3.05) is 0 Å². The minimum Gasteiger partial charge on any atom is -0.618 e. The maximum absolute atomic E-state index is 12.1. The van der Waals surface area contributed by atoms with E-state index in [2.05, 4.69) is 5.32 Å². The van der Waals surface area contributed by atoms with Crippen LogP contribution in [0.15, 0.2) is 53.7 Å². The Morgan fingerprint density at radius 3 is 2.76 bits per heavy atom. The molecule has 2 rings (SSSR count). The van der Waals surface area contributed by atoms with Crippen LogP contribution in [0.25, 0.3) is 0 Å². The van der Waals surface area contributed by atoms with Crippen molar-refractivity contribution in [3.8, 4) is 0 Å². The highest BCUT2D eigenvalue weighted by atomic mass is 35.5. The van der Waals surface area contributed by atoms with E-state index < -0.39 is 0 Å². The van der Waals surface area contributed by atoms with Crippen LogP contribution in [-0.4, -0.2) is 11.2 Å². The molecule has 6 heteroatoms. The number of carbonyl (C=O) groups excluding carboxylic acids is 1. The van der Waals surface area contributed by atoms with E-state index in [9.17, 15) is 10.0 Å². The predicted molar refractivity (Wildman–Crippen MR) is 84.0 cm³/mol. The van der Waals surface area contributed by atoms with Crippen molar-refractivity contribution in [2.24, 2.45) is 0 Å². The summed E-state index contributed by atoms with van der Waals surface area (Å²) in [6.07, 6.45) is 1.41. The lowest BCUT2D eigenvalue weighted by Gasteiger charge is -2.12. The van der Waals surface area contributed by atoms with Gasteiger partial charge >= 0.3 is 0 Å². The number of halogens is 1. The van der Waals surface area contributed by atoms with Gasteiger partial charge in [0.1, 0.15) is 0 Å². The van der Waals surface area contributed by atoms with Gasteiger partial charge < -0.3 is 10.5 Å². The average Bonchev–Trinajstić information content (AvgIpc) is 2.48. The van der Waals surface area contributed by atoms with Crippen LogP contribution < -0.4 is 10.0 Å². The fourth-order valence-electron chi connectivity index (χ4n) is 1.71.